The zero-order valence-corrected chi connectivity index (χ0v) is 16.6. The number of carbonyl (C=O) groups excluding carboxylic acids is 1. The van der Waals surface area contributed by atoms with Crippen LogP contribution in [0.25, 0.3) is 0 Å². The van der Waals surface area contributed by atoms with Gasteiger partial charge in [0, 0.05) is 6.54 Å². The summed E-state index contributed by atoms with van der Waals surface area (Å²) in [7, 11) is -1.81. The molecule has 0 radical (unpaired) electrons. The van der Waals surface area contributed by atoms with E-state index in [9.17, 15) is 9.90 Å². The van der Waals surface area contributed by atoms with Gasteiger partial charge in [0.1, 0.15) is 5.60 Å². The first kappa shape index (κ1) is 21.4. The summed E-state index contributed by atoms with van der Waals surface area (Å²) in [6.07, 6.45) is 0.389. The highest BCUT2D eigenvalue weighted by atomic mass is 28.4. The van der Waals surface area contributed by atoms with E-state index in [1.807, 2.05) is 20.8 Å². The van der Waals surface area contributed by atoms with Crippen LogP contribution in [0.3, 0.4) is 0 Å². The van der Waals surface area contributed by atoms with Crippen molar-refractivity contribution in [3.05, 3.63) is 0 Å². The number of hydrogen-bond donors (Lipinski definition) is 2. The molecule has 0 aliphatic heterocycles. The number of alkyl carbamates (subject to hydrolysis) is 1. The Hall–Kier alpha value is -0.593. The molecular formula is C16H35NO4Si. The van der Waals surface area contributed by atoms with Crippen LogP contribution >= 0.6 is 0 Å². The van der Waals surface area contributed by atoms with Crippen molar-refractivity contribution in [3.63, 3.8) is 0 Å². The summed E-state index contributed by atoms with van der Waals surface area (Å²) in [5.74, 6) is 0. The van der Waals surface area contributed by atoms with Gasteiger partial charge in [-0.2, -0.15) is 0 Å². The molecule has 1 unspecified atom stereocenters. The fraction of sp³-hybridized carbons (Fsp3) is 0.938. The fourth-order valence-electron chi connectivity index (χ4n) is 1.45. The van der Waals surface area contributed by atoms with Crippen molar-refractivity contribution in [2.75, 3.05) is 13.2 Å². The minimum absolute atomic E-state index is 0.144. The molecule has 132 valence electrons. The summed E-state index contributed by atoms with van der Waals surface area (Å²) in [6.45, 7) is 17.2. The van der Waals surface area contributed by atoms with Gasteiger partial charge in [0.2, 0.25) is 0 Å². The maximum absolute atomic E-state index is 11.5. The SMILES string of the molecule is CC(C)(C)OC(=O)NCCCC(O)CO[Si](C)(C)C(C)(C)C. The second-order valence-electron chi connectivity index (χ2n) is 8.30. The van der Waals surface area contributed by atoms with Gasteiger partial charge in [0.25, 0.3) is 0 Å². The smallest absolute Gasteiger partial charge is 0.407 e. The average molecular weight is 334 g/mol. The number of amides is 1. The van der Waals surface area contributed by atoms with Crippen molar-refractivity contribution < 1.29 is 19.1 Å². The summed E-state index contributed by atoms with van der Waals surface area (Å²) in [5, 5.41) is 12.8. The molecule has 0 aromatic heterocycles. The van der Waals surface area contributed by atoms with E-state index in [1.165, 1.54) is 0 Å². The Morgan fingerprint density at radius 3 is 2.18 bits per heavy atom. The van der Waals surface area contributed by atoms with Gasteiger partial charge in [-0.25, -0.2) is 4.79 Å². The van der Waals surface area contributed by atoms with Crippen molar-refractivity contribution in [2.45, 2.75) is 84.2 Å². The fourth-order valence-corrected chi connectivity index (χ4v) is 2.49. The van der Waals surface area contributed by atoms with E-state index < -0.39 is 26.1 Å². The van der Waals surface area contributed by atoms with E-state index in [4.69, 9.17) is 9.16 Å². The van der Waals surface area contributed by atoms with Crippen LogP contribution < -0.4 is 5.32 Å². The number of aliphatic hydroxyl groups is 1. The molecule has 0 aromatic carbocycles. The molecule has 0 spiro atoms. The summed E-state index contributed by atoms with van der Waals surface area (Å²) in [6, 6.07) is 0. The number of rotatable bonds is 7. The van der Waals surface area contributed by atoms with Crippen LogP contribution in [0.1, 0.15) is 54.4 Å². The molecule has 0 fully saturated rings. The van der Waals surface area contributed by atoms with Crippen LogP contribution in [-0.4, -0.2) is 44.4 Å². The van der Waals surface area contributed by atoms with Gasteiger partial charge in [-0.3, -0.25) is 0 Å². The quantitative estimate of drug-likeness (QED) is 0.551. The van der Waals surface area contributed by atoms with E-state index in [-0.39, 0.29) is 5.04 Å². The molecule has 0 bridgehead atoms. The first-order valence-electron chi connectivity index (χ1n) is 8.03. The zero-order valence-electron chi connectivity index (χ0n) is 15.6. The lowest BCUT2D eigenvalue weighted by Gasteiger charge is -2.36. The molecule has 0 aliphatic rings. The maximum Gasteiger partial charge on any atom is 0.407 e. The Morgan fingerprint density at radius 2 is 1.73 bits per heavy atom. The van der Waals surface area contributed by atoms with E-state index in [2.05, 4.69) is 39.2 Å². The zero-order chi connectivity index (χ0) is 17.6. The first-order valence-corrected chi connectivity index (χ1v) is 10.9. The Labute approximate surface area is 136 Å². The summed E-state index contributed by atoms with van der Waals surface area (Å²) in [4.78, 5) is 11.5. The Kier molecular flexibility index (Phi) is 8.09. The Morgan fingerprint density at radius 1 is 1.18 bits per heavy atom. The van der Waals surface area contributed by atoms with E-state index >= 15 is 0 Å². The third-order valence-corrected chi connectivity index (χ3v) is 8.33. The lowest BCUT2D eigenvalue weighted by atomic mass is 10.2. The molecule has 6 heteroatoms. The molecular weight excluding hydrogens is 298 g/mol. The highest BCUT2D eigenvalue weighted by Crippen LogP contribution is 2.36. The second-order valence-corrected chi connectivity index (χ2v) is 13.1. The van der Waals surface area contributed by atoms with Crippen LogP contribution in [0.5, 0.6) is 0 Å². The van der Waals surface area contributed by atoms with Gasteiger partial charge in [-0.05, 0) is 51.7 Å². The van der Waals surface area contributed by atoms with Crippen molar-refractivity contribution >= 4 is 14.4 Å². The highest BCUT2D eigenvalue weighted by molar-refractivity contribution is 6.74. The third kappa shape index (κ3) is 9.43. The molecule has 0 saturated heterocycles. The van der Waals surface area contributed by atoms with E-state index in [1.54, 1.807) is 0 Å². The molecule has 0 heterocycles. The van der Waals surface area contributed by atoms with Gasteiger partial charge >= 0.3 is 6.09 Å². The molecule has 5 nitrogen and oxygen atoms in total. The third-order valence-electron chi connectivity index (χ3n) is 3.83. The predicted octanol–water partition coefficient (Wildman–Crippen LogP) is 3.67. The van der Waals surface area contributed by atoms with Gasteiger partial charge in [0.15, 0.2) is 8.32 Å². The number of nitrogens with one attached hydrogen (secondary N) is 1. The Balaban J connectivity index is 3.88. The van der Waals surface area contributed by atoms with Crippen molar-refractivity contribution in [3.8, 4) is 0 Å². The van der Waals surface area contributed by atoms with Crippen molar-refractivity contribution in [1.82, 2.24) is 5.32 Å². The second kappa shape index (κ2) is 8.31. The Bertz CT molecular complexity index is 345. The molecule has 0 rings (SSSR count). The summed E-state index contributed by atoms with van der Waals surface area (Å²) >= 11 is 0. The monoisotopic (exact) mass is 333 g/mol. The molecule has 0 saturated carbocycles. The van der Waals surface area contributed by atoms with Crippen molar-refractivity contribution in [2.24, 2.45) is 0 Å². The highest BCUT2D eigenvalue weighted by Gasteiger charge is 2.37. The van der Waals surface area contributed by atoms with E-state index in [0.717, 1.165) is 0 Å². The molecule has 22 heavy (non-hydrogen) atoms. The standard InChI is InChI=1S/C16H35NO4Si/c1-15(2,3)21-14(19)17-11-9-10-13(18)12-20-22(7,8)16(4,5)6/h13,18H,9-12H2,1-8H3,(H,17,19). The lowest BCUT2D eigenvalue weighted by molar-refractivity contribution is 0.0519. The minimum Gasteiger partial charge on any atom is -0.444 e. The summed E-state index contributed by atoms with van der Waals surface area (Å²) in [5.41, 5.74) is -0.486. The van der Waals surface area contributed by atoms with Crippen LogP contribution in [0.15, 0.2) is 0 Å². The van der Waals surface area contributed by atoms with Crippen LogP contribution in [0, 0.1) is 0 Å². The van der Waals surface area contributed by atoms with Crippen molar-refractivity contribution in [1.29, 1.82) is 0 Å². The molecule has 2 N–H and O–H groups in total. The first-order chi connectivity index (χ1) is 9.74. The number of ether oxygens (including phenoxy) is 1. The van der Waals surface area contributed by atoms with Crippen LogP contribution in [-0.2, 0) is 9.16 Å². The van der Waals surface area contributed by atoms with Gasteiger partial charge < -0.3 is 19.6 Å². The largest absolute Gasteiger partial charge is 0.444 e. The lowest BCUT2D eigenvalue weighted by Crippen LogP contribution is -2.42. The summed E-state index contributed by atoms with van der Waals surface area (Å²) < 4.78 is 11.1. The number of hydrogen-bond acceptors (Lipinski definition) is 4. The van der Waals surface area contributed by atoms with Crippen LogP contribution in [0.4, 0.5) is 4.79 Å². The van der Waals surface area contributed by atoms with Gasteiger partial charge in [-0.1, -0.05) is 20.8 Å². The maximum atomic E-state index is 11.5. The number of aliphatic hydroxyl groups excluding tert-OH is 1. The molecule has 0 aliphatic carbocycles. The average Bonchev–Trinajstić information content (AvgIpc) is 2.28. The molecule has 0 aromatic rings. The topological polar surface area (TPSA) is 67.8 Å². The number of carbonyl (C=O) groups is 1. The minimum atomic E-state index is -1.81. The van der Waals surface area contributed by atoms with Crippen LogP contribution in [0.2, 0.25) is 18.1 Å². The molecule has 1 amide bonds. The predicted molar refractivity (Wildman–Crippen MR) is 92.6 cm³/mol. The van der Waals surface area contributed by atoms with E-state index in [0.29, 0.717) is 26.0 Å². The molecule has 1 atom stereocenters. The normalized spacial score (nSPS) is 14.6. The van der Waals surface area contributed by atoms with Gasteiger partial charge in [0.05, 0.1) is 12.7 Å². The van der Waals surface area contributed by atoms with Gasteiger partial charge in [-0.15, -0.1) is 0 Å².